The number of ether oxygens (including phenoxy) is 1. The van der Waals surface area contributed by atoms with Crippen molar-refractivity contribution < 1.29 is 4.74 Å². The molecule has 0 N–H and O–H groups in total. The van der Waals surface area contributed by atoms with Crippen LogP contribution in [0.3, 0.4) is 0 Å². The topological polar surface area (TPSA) is 9.23 Å². The average Bonchev–Trinajstić information content (AvgIpc) is 2.45. The number of hydrogen-bond donors (Lipinski definition) is 0. The van der Waals surface area contributed by atoms with Gasteiger partial charge in [-0.05, 0) is 37.5 Å². The summed E-state index contributed by atoms with van der Waals surface area (Å²) in [5.41, 5.74) is 1.08. The third-order valence-electron chi connectivity index (χ3n) is 2.29. The third kappa shape index (κ3) is 2.30. The van der Waals surface area contributed by atoms with Gasteiger partial charge in [-0.1, -0.05) is 23.7 Å². The van der Waals surface area contributed by atoms with Gasteiger partial charge >= 0.3 is 0 Å². The monoisotopic (exact) mass is 208 g/mol. The summed E-state index contributed by atoms with van der Waals surface area (Å²) in [5, 5.41) is 0.760. The van der Waals surface area contributed by atoms with E-state index >= 15 is 0 Å². The Morgan fingerprint density at radius 3 is 3.00 bits per heavy atom. The molecule has 1 aromatic rings. The Morgan fingerprint density at radius 1 is 1.21 bits per heavy atom. The van der Waals surface area contributed by atoms with Gasteiger partial charge in [-0.2, -0.15) is 0 Å². The molecular formula is C12H13ClO. The number of rotatable bonds is 1. The maximum atomic E-state index is 5.92. The molecule has 0 saturated carbocycles. The van der Waals surface area contributed by atoms with Crippen molar-refractivity contribution in [1.29, 1.82) is 0 Å². The summed E-state index contributed by atoms with van der Waals surface area (Å²) < 4.78 is 5.65. The van der Waals surface area contributed by atoms with Crippen LogP contribution in [0.2, 0.25) is 5.02 Å². The largest absolute Gasteiger partial charge is 0.493 e. The Hall–Kier alpha value is -0.950. The smallest absolute Gasteiger partial charge is 0.122 e. The lowest BCUT2D eigenvalue weighted by molar-refractivity contribution is 0.275. The molecule has 1 aliphatic heterocycles. The molecular weight excluding hydrogens is 196 g/mol. The van der Waals surface area contributed by atoms with E-state index in [9.17, 15) is 0 Å². The van der Waals surface area contributed by atoms with Crippen LogP contribution in [0.15, 0.2) is 30.3 Å². The molecule has 0 spiro atoms. The first-order valence-electron chi connectivity index (χ1n) is 4.95. The van der Waals surface area contributed by atoms with Crippen molar-refractivity contribution in [3.05, 3.63) is 40.9 Å². The lowest BCUT2D eigenvalue weighted by atomic mass is 10.1. The van der Waals surface area contributed by atoms with Crippen LogP contribution >= 0.6 is 11.6 Å². The van der Waals surface area contributed by atoms with Crippen LogP contribution in [0.25, 0.3) is 5.76 Å². The SMILES string of the molecule is Clc1cccc(C2=CCCCCO2)c1. The van der Waals surface area contributed by atoms with Crippen molar-refractivity contribution in [2.75, 3.05) is 6.61 Å². The molecule has 1 aliphatic rings. The summed E-state index contributed by atoms with van der Waals surface area (Å²) in [5.74, 6) is 0.977. The van der Waals surface area contributed by atoms with E-state index in [1.54, 1.807) is 0 Å². The molecule has 74 valence electrons. The predicted molar refractivity (Wildman–Crippen MR) is 59.2 cm³/mol. The van der Waals surface area contributed by atoms with Crippen molar-refractivity contribution in [2.45, 2.75) is 19.3 Å². The highest BCUT2D eigenvalue weighted by atomic mass is 35.5. The molecule has 0 fully saturated rings. The minimum Gasteiger partial charge on any atom is -0.493 e. The summed E-state index contributed by atoms with van der Waals surface area (Å²) in [6.45, 7) is 0.818. The molecule has 0 saturated heterocycles. The third-order valence-corrected chi connectivity index (χ3v) is 2.53. The molecule has 0 unspecified atom stereocenters. The van der Waals surface area contributed by atoms with E-state index in [1.165, 1.54) is 6.42 Å². The Labute approximate surface area is 89.3 Å². The van der Waals surface area contributed by atoms with Crippen LogP contribution in [0, 0.1) is 0 Å². The zero-order valence-corrected chi connectivity index (χ0v) is 8.76. The van der Waals surface area contributed by atoms with Crippen LogP contribution in [-0.2, 0) is 4.74 Å². The maximum Gasteiger partial charge on any atom is 0.122 e. The molecule has 0 bridgehead atoms. The number of allylic oxidation sites excluding steroid dienone is 1. The Morgan fingerprint density at radius 2 is 2.14 bits per heavy atom. The van der Waals surface area contributed by atoms with Crippen LogP contribution in [0.5, 0.6) is 0 Å². The van der Waals surface area contributed by atoms with E-state index in [2.05, 4.69) is 6.08 Å². The fraction of sp³-hybridized carbons (Fsp3) is 0.333. The molecule has 1 heterocycles. The Kier molecular flexibility index (Phi) is 3.10. The van der Waals surface area contributed by atoms with E-state index < -0.39 is 0 Å². The van der Waals surface area contributed by atoms with Crippen LogP contribution in [0.1, 0.15) is 24.8 Å². The average molecular weight is 209 g/mol. The van der Waals surface area contributed by atoms with Crippen molar-refractivity contribution in [2.24, 2.45) is 0 Å². The molecule has 1 aromatic carbocycles. The van der Waals surface area contributed by atoms with Gasteiger partial charge < -0.3 is 4.74 Å². The molecule has 2 heteroatoms. The van der Waals surface area contributed by atoms with Crippen LogP contribution < -0.4 is 0 Å². The summed E-state index contributed by atoms with van der Waals surface area (Å²) in [4.78, 5) is 0. The highest BCUT2D eigenvalue weighted by Crippen LogP contribution is 2.23. The van der Waals surface area contributed by atoms with E-state index in [1.807, 2.05) is 24.3 Å². The van der Waals surface area contributed by atoms with Gasteiger partial charge in [-0.25, -0.2) is 0 Å². The summed E-state index contributed by atoms with van der Waals surface area (Å²) in [6.07, 6.45) is 5.60. The zero-order chi connectivity index (χ0) is 9.80. The highest BCUT2D eigenvalue weighted by molar-refractivity contribution is 6.30. The fourth-order valence-electron chi connectivity index (χ4n) is 1.56. The van der Waals surface area contributed by atoms with Gasteiger partial charge in [0.2, 0.25) is 0 Å². The minimum absolute atomic E-state index is 0.760. The molecule has 0 atom stereocenters. The van der Waals surface area contributed by atoms with Gasteiger partial charge in [0, 0.05) is 10.6 Å². The van der Waals surface area contributed by atoms with Crippen molar-refractivity contribution in [3.63, 3.8) is 0 Å². The lowest BCUT2D eigenvalue weighted by Gasteiger charge is -2.07. The second kappa shape index (κ2) is 4.52. The zero-order valence-electron chi connectivity index (χ0n) is 8.00. The maximum absolute atomic E-state index is 5.92. The standard InChI is InChI=1S/C12H13ClO/c13-11-6-4-5-10(9-11)12-7-2-1-3-8-14-12/h4-7,9H,1-3,8H2. The van der Waals surface area contributed by atoms with Gasteiger partial charge in [0.25, 0.3) is 0 Å². The van der Waals surface area contributed by atoms with Crippen molar-refractivity contribution >= 4 is 17.4 Å². The number of benzene rings is 1. The van der Waals surface area contributed by atoms with Crippen molar-refractivity contribution in [3.8, 4) is 0 Å². The Bertz CT molecular complexity index is 344. The van der Waals surface area contributed by atoms with Gasteiger partial charge in [0.15, 0.2) is 0 Å². The van der Waals surface area contributed by atoms with E-state index in [0.29, 0.717) is 0 Å². The summed E-state index contributed by atoms with van der Waals surface area (Å²) in [7, 11) is 0. The molecule has 0 amide bonds. The Balaban J connectivity index is 2.24. The predicted octanol–water partition coefficient (Wildman–Crippen LogP) is 3.88. The molecule has 14 heavy (non-hydrogen) atoms. The molecule has 0 radical (unpaired) electrons. The second-order valence-corrected chi connectivity index (χ2v) is 3.86. The quantitative estimate of drug-likeness (QED) is 0.681. The van der Waals surface area contributed by atoms with Gasteiger partial charge in [-0.3, -0.25) is 0 Å². The first-order valence-corrected chi connectivity index (χ1v) is 5.33. The molecule has 0 aliphatic carbocycles. The molecule has 1 nitrogen and oxygen atoms in total. The van der Waals surface area contributed by atoms with E-state index in [-0.39, 0.29) is 0 Å². The highest BCUT2D eigenvalue weighted by Gasteiger charge is 2.06. The lowest BCUT2D eigenvalue weighted by Crippen LogP contribution is -1.91. The number of hydrogen-bond acceptors (Lipinski definition) is 1. The summed E-state index contributed by atoms with van der Waals surface area (Å²) >= 11 is 5.92. The van der Waals surface area contributed by atoms with Gasteiger partial charge in [0.1, 0.15) is 5.76 Å². The van der Waals surface area contributed by atoms with E-state index in [0.717, 1.165) is 35.8 Å². The molecule has 2 rings (SSSR count). The summed E-state index contributed by atoms with van der Waals surface area (Å²) in [6, 6.07) is 7.80. The normalized spacial score (nSPS) is 16.8. The minimum atomic E-state index is 0.760. The van der Waals surface area contributed by atoms with Gasteiger partial charge in [-0.15, -0.1) is 0 Å². The van der Waals surface area contributed by atoms with E-state index in [4.69, 9.17) is 16.3 Å². The van der Waals surface area contributed by atoms with Crippen molar-refractivity contribution in [1.82, 2.24) is 0 Å². The van der Waals surface area contributed by atoms with Gasteiger partial charge in [0.05, 0.1) is 6.61 Å². The van der Waals surface area contributed by atoms with Crippen LogP contribution in [0.4, 0.5) is 0 Å². The second-order valence-electron chi connectivity index (χ2n) is 3.42. The van der Waals surface area contributed by atoms with Crippen LogP contribution in [-0.4, -0.2) is 6.61 Å². The number of halogens is 1. The first-order chi connectivity index (χ1) is 6.86. The first kappa shape index (κ1) is 9.60. The fourth-order valence-corrected chi connectivity index (χ4v) is 1.75. The molecule has 0 aromatic heterocycles.